The van der Waals surface area contributed by atoms with E-state index in [1.807, 2.05) is 0 Å². The lowest BCUT2D eigenvalue weighted by Gasteiger charge is -2.39. The molecule has 2 atom stereocenters. The fourth-order valence-corrected chi connectivity index (χ4v) is 3.27. The molecule has 2 aromatic rings. The first-order valence-electron chi connectivity index (χ1n) is 9.93. The minimum Gasteiger partial charge on any atom is -0.480 e. The molecule has 2 aromatic carbocycles. The Bertz CT molecular complexity index is 1080. The molecule has 13 heteroatoms. The largest absolute Gasteiger partial charge is 0.480 e. The molecule has 0 aromatic heterocycles. The van der Waals surface area contributed by atoms with E-state index < -0.39 is 64.6 Å². The molecule has 34 heavy (non-hydrogen) atoms. The Balaban J connectivity index is 1.95. The SMILES string of the molecule is C[C@H](Oc1cc(NC(=O)N2CCC2CO)c(F)cc1C(=O)Nc1c(F)cccc1Cl)C(F)(F)F. The lowest BCUT2D eigenvalue weighted by Crippen LogP contribution is -2.54. The maximum atomic E-state index is 14.7. The quantitative estimate of drug-likeness (QED) is 0.490. The second kappa shape index (κ2) is 10.0. The number of aliphatic hydroxyl groups is 1. The number of carbonyl (C=O) groups is 2. The number of amides is 3. The highest BCUT2D eigenvalue weighted by atomic mass is 35.5. The number of alkyl halides is 3. The van der Waals surface area contributed by atoms with Gasteiger partial charge in [0.2, 0.25) is 0 Å². The Morgan fingerprint density at radius 1 is 1.24 bits per heavy atom. The molecular weight excluding hydrogens is 489 g/mol. The zero-order chi connectivity index (χ0) is 25.2. The van der Waals surface area contributed by atoms with Crippen LogP contribution in [0.15, 0.2) is 30.3 Å². The lowest BCUT2D eigenvalue weighted by molar-refractivity contribution is -0.189. The first-order valence-corrected chi connectivity index (χ1v) is 10.3. The Kier molecular flexibility index (Phi) is 7.51. The molecule has 0 saturated carbocycles. The zero-order valence-corrected chi connectivity index (χ0v) is 18.3. The van der Waals surface area contributed by atoms with Crippen LogP contribution in [-0.4, -0.2) is 53.4 Å². The van der Waals surface area contributed by atoms with Crippen molar-refractivity contribution >= 4 is 34.9 Å². The van der Waals surface area contributed by atoms with Crippen molar-refractivity contribution in [2.24, 2.45) is 0 Å². The van der Waals surface area contributed by atoms with E-state index in [0.29, 0.717) is 19.4 Å². The first kappa shape index (κ1) is 25.5. The third-order valence-electron chi connectivity index (χ3n) is 5.14. The summed E-state index contributed by atoms with van der Waals surface area (Å²) in [6.45, 7) is 0.644. The molecule has 3 rings (SSSR count). The Morgan fingerprint density at radius 2 is 1.94 bits per heavy atom. The van der Waals surface area contributed by atoms with Crippen molar-refractivity contribution in [3.05, 3.63) is 52.6 Å². The van der Waals surface area contributed by atoms with Gasteiger partial charge in [0.05, 0.1) is 34.6 Å². The molecule has 7 nitrogen and oxygen atoms in total. The van der Waals surface area contributed by atoms with Gasteiger partial charge < -0.3 is 25.4 Å². The number of aliphatic hydroxyl groups excluding tert-OH is 1. The summed E-state index contributed by atoms with van der Waals surface area (Å²) in [5.74, 6) is -4.00. The van der Waals surface area contributed by atoms with E-state index in [4.69, 9.17) is 16.3 Å². The fraction of sp³-hybridized carbons (Fsp3) is 0.333. The number of nitrogens with zero attached hydrogens (tertiary/aromatic N) is 1. The summed E-state index contributed by atoms with van der Waals surface area (Å²) in [5, 5.41) is 13.3. The summed E-state index contributed by atoms with van der Waals surface area (Å²) in [5.41, 5.74) is -1.71. The molecule has 1 saturated heterocycles. The average Bonchev–Trinajstić information content (AvgIpc) is 2.71. The van der Waals surface area contributed by atoms with Crippen molar-refractivity contribution in [1.29, 1.82) is 0 Å². The van der Waals surface area contributed by atoms with Gasteiger partial charge in [-0.15, -0.1) is 0 Å². The number of halogens is 6. The highest BCUT2D eigenvalue weighted by Crippen LogP contribution is 2.33. The molecule has 1 fully saturated rings. The van der Waals surface area contributed by atoms with Crippen LogP contribution in [0.2, 0.25) is 5.02 Å². The number of hydrogen-bond donors (Lipinski definition) is 3. The van der Waals surface area contributed by atoms with Gasteiger partial charge >= 0.3 is 12.2 Å². The van der Waals surface area contributed by atoms with Gasteiger partial charge in [0.25, 0.3) is 5.91 Å². The van der Waals surface area contributed by atoms with Gasteiger partial charge in [-0.05, 0) is 31.5 Å². The van der Waals surface area contributed by atoms with Crippen LogP contribution < -0.4 is 15.4 Å². The van der Waals surface area contributed by atoms with Crippen LogP contribution >= 0.6 is 11.6 Å². The van der Waals surface area contributed by atoms with Gasteiger partial charge in [0, 0.05) is 12.6 Å². The monoisotopic (exact) mass is 507 g/mol. The normalized spacial score (nSPS) is 16.5. The summed E-state index contributed by atoms with van der Waals surface area (Å²) < 4.78 is 72.9. The smallest absolute Gasteiger partial charge is 0.425 e. The predicted octanol–water partition coefficient (Wildman–Crippen LogP) is 4.80. The zero-order valence-electron chi connectivity index (χ0n) is 17.5. The van der Waals surface area contributed by atoms with Crippen molar-refractivity contribution in [1.82, 2.24) is 4.90 Å². The number of likely N-dealkylation sites (tertiary alicyclic amines) is 1. The molecule has 1 heterocycles. The molecule has 0 radical (unpaired) electrons. The van der Waals surface area contributed by atoms with Gasteiger partial charge in [0.15, 0.2) is 6.10 Å². The summed E-state index contributed by atoms with van der Waals surface area (Å²) in [7, 11) is 0. The van der Waals surface area contributed by atoms with Crippen LogP contribution in [0.3, 0.4) is 0 Å². The molecule has 1 aliphatic rings. The Morgan fingerprint density at radius 3 is 2.50 bits per heavy atom. The number of ether oxygens (including phenoxy) is 1. The predicted molar refractivity (Wildman–Crippen MR) is 113 cm³/mol. The molecule has 184 valence electrons. The topological polar surface area (TPSA) is 90.9 Å². The summed E-state index contributed by atoms with van der Waals surface area (Å²) in [4.78, 5) is 26.2. The van der Waals surface area contributed by atoms with E-state index in [1.165, 1.54) is 17.0 Å². The Hall–Kier alpha value is -3.12. The first-order chi connectivity index (χ1) is 15.9. The second-order valence-electron chi connectivity index (χ2n) is 7.43. The molecule has 0 spiro atoms. The van der Waals surface area contributed by atoms with Gasteiger partial charge in [-0.1, -0.05) is 17.7 Å². The third kappa shape index (κ3) is 5.50. The molecular formula is C21H19ClF5N3O4. The number of rotatable bonds is 6. The summed E-state index contributed by atoms with van der Waals surface area (Å²) in [6.07, 6.45) is -6.70. The van der Waals surface area contributed by atoms with E-state index >= 15 is 0 Å². The number of hydrogen-bond acceptors (Lipinski definition) is 4. The highest BCUT2D eigenvalue weighted by Gasteiger charge is 2.39. The number of urea groups is 1. The van der Waals surface area contributed by atoms with Crippen LogP contribution in [0.1, 0.15) is 23.7 Å². The molecule has 0 bridgehead atoms. The highest BCUT2D eigenvalue weighted by molar-refractivity contribution is 6.34. The summed E-state index contributed by atoms with van der Waals surface area (Å²) >= 11 is 5.85. The van der Waals surface area contributed by atoms with Gasteiger partial charge in [-0.3, -0.25) is 4.79 Å². The van der Waals surface area contributed by atoms with Crippen molar-refractivity contribution < 1.29 is 41.4 Å². The lowest BCUT2D eigenvalue weighted by atomic mass is 10.1. The number of carbonyl (C=O) groups excluding carboxylic acids is 2. The number of benzene rings is 2. The van der Waals surface area contributed by atoms with Gasteiger partial charge in [-0.2, -0.15) is 13.2 Å². The van der Waals surface area contributed by atoms with E-state index in [0.717, 1.165) is 12.1 Å². The van der Waals surface area contributed by atoms with E-state index in [-0.39, 0.29) is 18.2 Å². The van der Waals surface area contributed by atoms with Gasteiger partial charge in [-0.25, -0.2) is 13.6 Å². The van der Waals surface area contributed by atoms with Crippen LogP contribution in [0.5, 0.6) is 5.75 Å². The number of anilines is 2. The van der Waals surface area contributed by atoms with E-state index in [1.54, 1.807) is 0 Å². The molecule has 3 N–H and O–H groups in total. The number of para-hydroxylation sites is 1. The van der Waals surface area contributed by atoms with Crippen LogP contribution in [0, 0.1) is 11.6 Å². The third-order valence-corrected chi connectivity index (χ3v) is 5.45. The molecule has 3 amide bonds. The van der Waals surface area contributed by atoms with E-state index in [2.05, 4.69) is 10.6 Å². The minimum atomic E-state index is -4.83. The fourth-order valence-electron chi connectivity index (χ4n) is 3.06. The summed E-state index contributed by atoms with van der Waals surface area (Å²) in [6, 6.07) is 3.52. The second-order valence-corrected chi connectivity index (χ2v) is 7.84. The maximum Gasteiger partial charge on any atom is 0.425 e. The molecule has 1 unspecified atom stereocenters. The minimum absolute atomic E-state index is 0.197. The van der Waals surface area contributed by atoms with Crippen molar-refractivity contribution in [3.8, 4) is 5.75 Å². The number of nitrogens with one attached hydrogen (secondary N) is 2. The van der Waals surface area contributed by atoms with Crippen LogP contribution in [0.4, 0.5) is 38.1 Å². The van der Waals surface area contributed by atoms with Crippen molar-refractivity contribution in [2.75, 3.05) is 23.8 Å². The van der Waals surface area contributed by atoms with Crippen molar-refractivity contribution in [2.45, 2.75) is 31.7 Å². The average molecular weight is 508 g/mol. The van der Waals surface area contributed by atoms with Crippen LogP contribution in [-0.2, 0) is 0 Å². The standard InChI is InChI=1S/C21H19ClF5N3O4/c1-10(21(25,26)27)34-17-8-16(28-20(33)30-6-5-11(30)9-31)15(24)7-12(17)19(32)29-18-13(22)3-2-4-14(18)23/h2-4,7-8,10-11,31H,5-6,9H2,1H3,(H,28,33)(H,29,32)/t10-,11?/m0/s1. The molecule has 1 aliphatic heterocycles. The van der Waals surface area contributed by atoms with Crippen LogP contribution in [0.25, 0.3) is 0 Å². The van der Waals surface area contributed by atoms with Gasteiger partial charge in [0.1, 0.15) is 17.4 Å². The maximum absolute atomic E-state index is 14.7. The van der Waals surface area contributed by atoms with E-state index in [9.17, 15) is 36.6 Å². The Labute approximate surface area is 195 Å². The van der Waals surface area contributed by atoms with Crippen molar-refractivity contribution in [3.63, 3.8) is 0 Å². The molecule has 0 aliphatic carbocycles.